The van der Waals surface area contributed by atoms with E-state index < -0.39 is 0 Å². The highest BCUT2D eigenvalue weighted by atomic mass is 16.3. The van der Waals surface area contributed by atoms with Gasteiger partial charge in [-0.3, -0.25) is 0 Å². The minimum Gasteiger partial charge on any atom is -0.455 e. The van der Waals surface area contributed by atoms with Crippen LogP contribution in [0.2, 0.25) is 0 Å². The van der Waals surface area contributed by atoms with E-state index in [4.69, 9.17) is 8.83 Å². The standard InChI is InChI=1S/C58H36N2O2/c1-2-20-40-37(16-1)17-14-31-49(40)59(39-19-13-18-38(36-39)41-26-15-27-46-44-23-6-11-32-54(44)61-57(41)46)53-35-34-47-45-24-7-12-33-55(45)62-58(47)56(53)48-25-5-10-30-52(48)60-50-28-8-3-21-42(50)43-22-4-9-29-51(43)60/h1-36H. The number of anilines is 3. The monoisotopic (exact) mass is 792 g/mol. The van der Waals surface area contributed by atoms with Crippen LogP contribution >= 0.6 is 0 Å². The van der Waals surface area contributed by atoms with Gasteiger partial charge in [0, 0.05) is 54.5 Å². The maximum atomic E-state index is 7.06. The van der Waals surface area contributed by atoms with Crippen molar-refractivity contribution in [3.63, 3.8) is 0 Å². The van der Waals surface area contributed by atoms with E-state index in [1.807, 2.05) is 18.2 Å². The zero-order chi connectivity index (χ0) is 40.7. The van der Waals surface area contributed by atoms with Gasteiger partial charge in [-0.25, -0.2) is 0 Å². The second kappa shape index (κ2) is 13.6. The Hall–Kier alpha value is -8.34. The summed E-state index contributed by atoms with van der Waals surface area (Å²) in [6.07, 6.45) is 0. The van der Waals surface area contributed by atoms with Crippen molar-refractivity contribution in [2.45, 2.75) is 0 Å². The molecule has 0 saturated heterocycles. The molecule has 62 heavy (non-hydrogen) atoms. The quantitative estimate of drug-likeness (QED) is 0.168. The summed E-state index contributed by atoms with van der Waals surface area (Å²) in [4.78, 5) is 2.43. The second-order valence-electron chi connectivity index (χ2n) is 16.0. The van der Waals surface area contributed by atoms with Gasteiger partial charge >= 0.3 is 0 Å². The van der Waals surface area contributed by atoms with Gasteiger partial charge in [0.25, 0.3) is 0 Å². The molecule has 0 bridgehead atoms. The van der Waals surface area contributed by atoms with Gasteiger partial charge in [0.05, 0.1) is 33.7 Å². The Balaban J connectivity index is 1.13. The first-order chi connectivity index (χ1) is 30.8. The molecule has 0 aliphatic heterocycles. The van der Waals surface area contributed by atoms with Crippen LogP contribution in [0.3, 0.4) is 0 Å². The third kappa shape index (κ3) is 5.14. The Kier molecular flexibility index (Phi) is 7.57. The lowest BCUT2D eigenvalue weighted by molar-refractivity contribution is 0.669. The van der Waals surface area contributed by atoms with E-state index in [9.17, 15) is 0 Å². The van der Waals surface area contributed by atoms with Gasteiger partial charge in [-0.1, -0.05) is 158 Å². The molecule has 0 spiro atoms. The summed E-state index contributed by atoms with van der Waals surface area (Å²) in [5.41, 5.74) is 14.1. The first-order valence-electron chi connectivity index (χ1n) is 21.1. The smallest absolute Gasteiger partial charge is 0.145 e. The highest BCUT2D eigenvalue weighted by molar-refractivity contribution is 6.16. The average Bonchev–Trinajstić information content (AvgIpc) is 4.02. The first kappa shape index (κ1) is 34.5. The molecule has 13 aromatic rings. The zero-order valence-electron chi connectivity index (χ0n) is 33.5. The molecule has 0 aliphatic rings. The van der Waals surface area contributed by atoms with Crippen LogP contribution in [0.1, 0.15) is 0 Å². The molecule has 13 rings (SSSR count). The molecule has 4 heteroatoms. The SMILES string of the molecule is c1cc(-c2cccc3c2oc2ccccc23)cc(N(c2ccc3c(oc4ccccc43)c2-c2ccccc2-n2c3ccccc3c3ccccc32)c2cccc3ccccc23)c1. The average molecular weight is 793 g/mol. The molecule has 10 aromatic carbocycles. The molecular weight excluding hydrogens is 757 g/mol. The van der Waals surface area contributed by atoms with E-state index in [0.29, 0.717) is 0 Å². The minimum atomic E-state index is 0.838. The summed E-state index contributed by atoms with van der Waals surface area (Å²) in [7, 11) is 0. The van der Waals surface area contributed by atoms with E-state index in [-0.39, 0.29) is 0 Å². The lowest BCUT2D eigenvalue weighted by Crippen LogP contribution is -2.12. The van der Waals surface area contributed by atoms with E-state index >= 15 is 0 Å². The van der Waals surface area contributed by atoms with Crippen LogP contribution in [-0.4, -0.2) is 4.57 Å². The molecule has 0 aliphatic carbocycles. The van der Waals surface area contributed by atoms with Gasteiger partial charge in [0.15, 0.2) is 0 Å². The second-order valence-corrected chi connectivity index (χ2v) is 16.0. The van der Waals surface area contributed by atoms with Crippen molar-refractivity contribution >= 4 is 93.5 Å². The van der Waals surface area contributed by atoms with Crippen LogP contribution in [0.5, 0.6) is 0 Å². The predicted molar refractivity (Wildman–Crippen MR) is 258 cm³/mol. The number of hydrogen-bond acceptors (Lipinski definition) is 3. The van der Waals surface area contributed by atoms with E-state index in [2.05, 4.69) is 210 Å². The lowest BCUT2D eigenvalue weighted by atomic mass is 9.95. The van der Waals surface area contributed by atoms with Crippen LogP contribution in [0.4, 0.5) is 17.1 Å². The molecule has 0 N–H and O–H groups in total. The molecule has 0 atom stereocenters. The van der Waals surface area contributed by atoms with Gasteiger partial charge in [-0.2, -0.15) is 0 Å². The number of fused-ring (bicyclic) bond motifs is 10. The fraction of sp³-hybridized carbons (Fsp3) is 0. The number of para-hydroxylation sites is 6. The van der Waals surface area contributed by atoms with Gasteiger partial charge in [-0.15, -0.1) is 0 Å². The summed E-state index contributed by atoms with van der Waals surface area (Å²) >= 11 is 0. The summed E-state index contributed by atoms with van der Waals surface area (Å²) < 4.78 is 16.1. The van der Waals surface area contributed by atoms with E-state index in [1.54, 1.807) is 0 Å². The van der Waals surface area contributed by atoms with Crippen molar-refractivity contribution in [2.24, 2.45) is 0 Å². The molecule has 0 amide bonds. The van der Waals surface area contributed by atoms with Crippen LogP contribution in [0, 0.1) is 0 Å². The van der Waals surface area contributed by atoms with E-state index in [1.165, 1.54) is 10.8 Å². The summed E-state index contributed by atoms with van der Waals surface area (Å²) in [6.45, 7) is 0. The maximum absolute atomic E-state index is 7.06. The summed E-state index contributed by atoms with van der Waals surface area (Å²) in [5, 5.41) is 9.11. The Morgan fingerprint density at radius 1 is 0.355 bits per heavy atom. The molecule has 3 heterocycles. The molecule has 0 radical (unpaired) electrons. The molecule has 4 nitrogen and oxygen atoms in total. The highest BCUT2D eigenvalue weighted by Gasteiger charge is 2.27. The number of furan rings is 2. The summed E-state index contributed by atoms with van der Waals surface area (Å²) in [5.74, 6) is 0. The summed E-state index contributed by atoms with van der Waals surface area (Å²) in [6, 6.07) is 78.0. The third-order valence-electron chi connectivity index (χ3n) is 12.6. The fourth-order valence-electron chi connectivity index (χ4n) is 9.89. The predicted octanol–water partition coefficient (Wildman–Crippen LogP) is 16.5. The molecule has 0 unspecified atom stereocenters. The van der Waals surface area contributed by atoms with Crippen molar-refractivity contribution in [3.05, 3.63) is 218 Å². The maximum Gasteiger partial charge on any atom is 0.145 e. The number of hydrogen-bond donors (Lipinski definition) is 0. The Morgan fingerprint density at radius 3 is 1.68 bits per heavy atom. The highest BCUT2D eigenvalue weighted by Crippen LogP contribution is 2.50. The third-order valence-corrected chi connectivity index (χ3v) is 12.6. The molecule has 0 fully saturated rings. The number of benzene rings is 10. The first-order valence-corrected chi connectivity index (χ1v) is 21.1. The minimum absolute atomic E-state index is 0.838. The normalized spacial score (nSPS) is 11.9. The lowest BCUT2D eigenvalue weighted by Gasteiger charge is -2.30. The van der Waals surface area contributed by atoms with Crippen molar-refractivity contribution < 1.29 is 8.83 Å². The number of rotatable bonds is 6. The van der Waals surface area contributed by atoms with Crippen LogP contribution in [0.15, 0.2) is 227 Å². The van der Waals surface area contributed by atoms with Crippen LogP contribution in [-0.2, 0) is 0 Å². The number of nitrogens with zero attached hydrogens (tertiary/aromatic N) is 2. The molecule has 3 aromatic heterocycles. The molecular formula is C58H36N2O2. The van der Waals surface area contributed by atoms with Crippen LogP contribution < -0.4 is 4.90 Å². The Bertz CT molecular complexity index is 3840. The Labute approximate surface area is 356 Å². The van der Waals surface area contributed by atoms with Gasteiger partial charge in [0.2, 0.25) is 0 Å². The topological polar surface area (TPSA) is 34.5 Å². The van der Waals surface area contributed by atoms with E-state index in [0.717, 1.165) is 111 Å². The van der Waals surface area contributed by atoms with Crippen LogP contribution in [0.25, 0.3) is 104 Å². The van der Waals surface area contributed by atoms with Gasteiger partial charge < -0.3 is 18.3 Å². The van der Waals surface area contributed by atoms with Crippen molar-refractivity contribution in [1.29, 1.82) is 0 Å². The van der Waals surface area contributed by atoms with Crippen molar-refractivity contribution in [1.82, 2.24) is 4.57 Å². The molecule has 290 valence electrons. The zero-order valence-corrected chi connectivity index (χ0v) is 33.5. The fourth-order valence-corrected chi connectivity index (χ4v) is 9.89. The van der Waals surface area contributed by atoms with Gasteiger partial charge in [-0.05, 0) is 71.6 Å². The largest absolute Gasteiger partial charge is 0.455 e. The molecule has 0 saturated carbocycles. The Morgan fingerprint density at radius 2 is 0.903 bits per heavy atom. The van der Waals surface area contributed by atoms with Gasteiger partial charge in [0.1, 0.15) is 22.3 Å². The van der Waals surface area contributed by atoms with Crippen molar-refractivity contribution in [3.8, 4) is 27.9 Å². The van der Waals surface area contributed by atoms with Crippen molar-refractivity contribution in [2.75, 3.05) is 4.90 Å². The number of aromatic nitrogens is 1.